The van der Waals surface area contributed by atoms with Crippen molar-refractivity contribution in [3.05, 3.63) is 67.6 Å². The number of thiophene rings is 1. The second-order valence-corrected chi connectivity index (χ2v) is 20.2. The first kappa shape index (κ1) is 37.7. The number of aromatic amines is 1. The summed E-state index contributed by atoms with van der Waals surface area (Å²) >= 11 is 14.0. The molecule has 2 saturated heterocycles. The van der Waals surface area contributed by atoms with Gasteiger partial charge in [-0.15, -0.1) is 11.3 Å². The number of carboxylic acids is 1. The lowest BCUT2D eigenvalue weighted by molar-refractivity contribution is -0.138. The molecule has 270 valence electrons. The van der Waals surface area contributed by atoms with Crippen molar-refractivity contribution in [3.8, 4) is 0 Å². The normalized spacial score (nSPS) is 17.8. The van der Waals surface area contributed by atoms with E-state index in [4.69, 9.17) is 11.6 Å². The summed E-state index contributed by atoms with van der Waals surface area (Å²) in [6.45, 7) is 2.65. The average Bonchev–Trinajstić information content (AvgIpc) is 3.67. The van der Waals surface area contributed by atoms with Crippen molar-refractivity contribution < 1.29 is 26.7 Å². The van der Waals surface area contributed by atoms with E-state index >= 15 is 0 Å². The number of para-hydroxylation sites is 1. The van der Waals surface area contributed by atoms with Gasteiger partial charge in [0.2, 0.25) is 10.0 Å². The molecule has 50 heavy (non-hydrogen) atoms. The van der Waals surface area contributed by atoms with Crippen molar-refractivity contribution in [2.24, 2.45) is 11.8 Å². The zero-order chi connectivity index (χ0) is 35.6. The van der Waals surface area contributed by atoms with E-state index in [1.54, 1.807) is 16.6 Å². The lowest BCUT2D eigenvalue weighted by Gasteiger charge is -2.34. The van der Waals surface area contributed by atoms with Crippen LogP contribution in [0.15, 0.2) is 66.8 Å². The van der Waals surface area contributed by atoms with E-state index in [0.29, 0.717) is 49.6 Å². The van der Waals surface area contributed by atoms with Gasteiger partial charge in [0.25, 0.3) is 10.0 Å². The Kier molecular flexibility index (Phi) is 12.0. The number of rotatable bonds is 13. The Labute approximate surface area is 318 Å². The second kappa shape index (κ2) is 15.9. The van der Waals surface area contributed by atoms with Gasteiger partial charge in [0, 0.05) is 60.4 Å². The van der Waals surface area contributed by atoms with Crippen molar-refractivity contribution in [2.45, 2.75) is 66.5 Å². The van der Waals surface area contributed by atoms with Gasteiger partial charge in [-0.25, -0.2) is 21.8 Å². The van der Waals surface area contributed by atoms with Gasteiger partial charge in [-0.1, -0.05) is 49.1 Å². The fraction of sp³-hybridized carbons (Fsp3) is 0.455. The number of hydrogen-bond donors (Lipinski definition) is 3. The number of halogens is 3. The molecule has 2 aliphatic rings. The van der Waals surface area contributed by atoms with Crippen LogP contribution in [0.1, 0.15) is 50.5 Å². The third-order valence-electron chi connectivity index (χ3n) is 9.73. The molecule has 17 heteroatoms. The van der Waals surface area contributed by atoms with Gasteiger partial charge in [-0.2, -0.15) is 9.03 Å². The summed E-state index contributed by atoms with van der Waals surface area (Å²) in [5.41, 5.74) is 1.55. The number of nitrogens with one attached hydrogen (secondary N) is 2. The van der Waals surface area contributed by atoms with Crippen LogP contribution in [-0.4, -0.2) is 74.4 Å². The number of sulfonamides is 2. The Balaban J connectivity index is 0.961. The lowest BCUT2D eigenvalue weighted by atomic mass is 9.87. The van der Waals surface area contributed by atoms with E-state index in [0.717, 1.165) is 80.3 Å². The maximum Gasteiger partial charge on any atom is 0.322 e. The van der Waals surface area contributed by atoms with Gasteiger partial charge in [-0.3, -0.25) is 4.79 Å². The first-order chi connectivity index (χ1) is 23.8. The number of fused-ring (bicyclic) bond motifs is 1. The van der Waals surface area contributed by atoms with E-state index in [1.807, 2.05) is 24.3 Å². The van der Waals surface area contributed by atoms with E-state index in [-0.39, 0.29) is 15.5 Å². The Bertz CT molecular complexity index is 2040. The average molecular weight is 892 g/mol. The van der Waals surface area contributed by atoms with Crippen molar-refractivity contribution in [2.75, 3.05) is 31.1 Å². The molecule has 0 amide bonds. The van der Waals surface area contributed by atoms with Gasteiger partial charge < -0.3 is 15.0 Å². The maximum atomic E-state index is 13.3. The van der Waals surface area contributed by atoms with E-state index in [2.05, 4.69) is 51.4 Å². The molecule has 2 aliphatic heterocycles. The number of nitrogens with zero attached hydrogens (tertiary/aromatic N) is 3. The first-order valence-electron chi connectivity index (χ1n) is 16.5. The molecule has 6 rings (SSSR count). The fourth-order valence-corrected chi connectivity index (χ4v) is 12.7. The van der Waals surface area contributed by atoms with Crippen LogP contribution in [0.5, 0.6) is 0 Å². The van der Waals surface area contributed by atoms with Crippen molar-refractivity contribution in [1.82, 2.24) is 19.0 Å². The molecular weight excluding hydrogens is 854 g/mol. The molecule has 1 atom stereocenters. The Morgan fingerprint density at radius 3 is 2.30 bits per heavy atom. The second-order valence-electron chi connectivity index (χ2n) is 12.9. The topological polar surface area (TPSA) is 153 Å². The fourth-order valence-electron chi connectivity index (χ4n) is 6.90. The molecular formula is C33H38Br2ClN5O6S3. The van der Waals surface area contributed by atoms with Crippen LogP contribution in [0.2, 0.25) is 4.34 Å². The summed E-state index contributed by atoms with van der Waals surface area (Å²) in [6.07, 6.45) is 10.0. The molecule has 3 N–H and O–H groups in total. The maximum absolute atomic E-state index is 13.3. The smallest absolute Gasteiger partial charge is 0.322 e. The van der Waals surface area contributed by atoms with Crippen LogP contribution in [0.3, 0.4) is 0 Å². The standard InChI is InChI=1S/C33H38Br2ClN5O6S3/c34-26-18-30(48-31(26)36)50(46,47)41-14-10-22(11-15-41)5-3-4-21-8-12-40(13-9-21)32-27(35)17-24(20-38-32)49(44,45)39-29(33(42)43)16-23-19-37-28-7-2-1-6-25(23)28/h1-2,6-7,17-22,29,37,39H,3-5,8-16H2,(H,42,43). The van der Waals surface area contributed by atoms with Crippen molar-refractivity contribution in [3.63, 3.8) is 0 Å². The summed E-state index contributed by atoms with van der Waals surface area (Å²) in [7, 11) is -7.69. The summed E-state index contributed by atoms with van der Waals surface area (Å²) in [4.78, 5) is 21.7. The van der Waals surface area contributed by atoms with Crippen LogP contribution in [0.25, 0.3) is 10.9 Å². The highest BCUT2D eigenvalue weighted by Gasteiger charge is 2.32. The summed E-state index contributed by atoms with van der Waals surface area (Å²) in [5.74, 6) is 0.496. The predicted octanol–water partition coefficient (Wildman–Crippen LogP) is 7.26. The number of carbonyl (C=O) groups is 1. The highest BCUT2D eigenvalue weighted by Crippen LogP contribution is 2.38. The molecule has 0 bridgehead atoms. The molecule has 0 spiro atoms. The van der Waals surface area contributed by atoms with E-state index < -0.39 is 32.1 Å². The first-order valence-corrected chi connectivity index (χ1v) is 22.2. The molecule has 1 aromatic carbocycles. The van der Waals surface area contributed by atoms with Gasteiger partial charge >= 0.3 is 5.97 Å². The molecule has 1 unspecified atom stereocenters. The van der Waals surface area contributed by atoms with Crippen LogP contribution >= 0.6 is 54.8 Å². The minimum Gasteiger partial charge on any atom is -0.480 e. The summed E-state index contributed by atoms with van der Waals surface area (Å²) in [6, 6.07) is 9.16. The third-order valence-corrected chi connectivity index (χ3v) is 16.6. The Morgan fingerprint density at radius 1 is 1.02 bits per heavy atom. The third kappa shape index (κ3) is 8.59. The monoisotopic (exact) mass is 889 g/mol. The van der Waals surface area contributed by atoms with Crippen LogP contribution in [0.4, 0.5) is 5.82 Å². The molecule has 2 fully saturated rings. The number of aromatic nitrogens is 2. The number of H-pyrrole nitrogens is 1. The minimum atomic E-state index is -4.17. The highest BCUT2D eigenvalue weighted by atomic mass is 79.9. The molecule has 0 saturated carbocycles. The van der Waals surface area contributed by atoms with Gasteiger partial charge in [0.05, 0.1) is 4.47 Å². The quantitative estimate of drug-likeness (QED) is 0.127. The van der Waals surface area contributed by atoms with Crippen molar-refractivity contribution in [1.29, 1.82) is 0 Å². The highest BCUT2D eigenvalue weighted by molar-refractivity contribution is 9.11. The molecule has 0 radical (unpaired) electrons. The Morgan fingerprint density at radius 2 is 1.68 bits per heavy atom. The van der Waals surface area contributed by atoms with E-state index in [9.17, 15) is 26.7 Å². The van der Waals surface area contributed by atoms with Gasteiger partial charge in [-0.05, 0) is 93.1 Å². The summed E-state index contributed by atoms with van der Waals surface area (Å²) < 4.78 is 58.4. The van der Waals surface area contributed by atoms with Crippen LogP contribution in [-0.2, 0) is 31.3 Å². The number of aliphatic carboxylic acids is 1. The number of pyridine rings is 1. The molecule has 5 heterocycles. The van der Waals surface area contributed by atoms with E-state index in [1.165, 1.54) is 12.3 Å². The molecule has 4 aromatic rings. The number of carboxylic acid groups (broad SMARTS) is 1. The molecule has 11 nitrogen and oxygen atoms in total. The SMILES string of the molecule is O=C(O)C(Cc1c[nH]c2ccccc12)NS(=O)(=O)c1cnc(N2CCC(CCCC3CCN(S(=O)(=O)c4cc(Br)c(Cl)s4)CC3)CC2)c(Br)c1. The molecule has 0 aliphatic carbocycles. The largest absolute Gasteiger partial charge is 0.480 e. The molecule has 3 aromatic heterocycles. The zero-order valence-electron chi connectivity index (χ0n) is 27.0. The number of hydrogen-bond acceptors (Lipinski definition) is 8. The Hall–Kier alpha value is -2.05. The number of piperidine rings is 2. The van der Waals surface area contributed by atoms with Crippen LogP contribution in [0, 0.1) is 11.8 Å². The zero-order valence-corrected chi connectivity index (χ0v) is 33.4. The van der Waals surface area contributed by atoms with Gasteiger partial charge in [0.1, 0.15) is 25.3 Å². The minimum absolute atomic E-state index is 0.0196. The van der Waals surface area contributed by atoms with Crippen LogP contribution < -0.4 is 9.62 Å². The lowest BCUT2D eigenvalue weighted by Crippen LogP contribution is -2.42. The number of anilines is 1. The summed E-state index contributed by atoms with van der Waals surface area (Å²) in [5, 5.41) is 10.7. The van der Waals surface area contributed by atoms with Crippen molar-refractivity contribution >= 4 is 97.5 Å². The predicted molar refractivity (Wildman–Crippen MR) is 203 cm³/mol. The number of benzene rings is 1. The van der Waals surface area contributed by atoms with Gasteiger partial charge in [0.15, 0.2) is 0 Å².